The van der Waals surface area contributed by atoms with Gasteiger partial charge in [0.05, 0.1) is 11.3 Å². The number of benzene rings is 1. The number of sulfonamides is 1. The molecule has 0 bridgehead atoms. The second-order valence-corrected chi connectivity index (χ2v) is 6.58. The molecule has 0 aliphatic carbocycles. The summed E-state index contributed by atoms with van der Waals surface area (Å²) >= 11 is 5.92. The standard InChI is InChI=1S/C12H16ClNO4S/c1-7-5-11(8(2)4-10(7)13)19(17,18)14-9(3)6-12(15)16/h4-5,9,14H,6H2,1-3H3,(H,15,16)/t9-/m1/s1. The van der Waals surface area contributed by atoms with Crippen molar-refractivity contribution in [1.29, 1.82) is 0 Å². The molecular formula is C12H16ClNO4S. The van der Waals surface area contributed by atoms with Crippen molar-refractivity contribution in [3.8, 4) is 0 Å². The van der Waals surface area contributed by atoms with Gasteiger partial charge in [-0.3, -0.25) is 4.79 Å². The molecule has 0 saturated carbocycles. The van der Waals surface area contributed by atoms with E-state index in [1.165, 1.54) is 13.0 Å². The first kappa shape index (κ1) is 15.9. The van der Waals surface area contributed by atoms with Crippen LogP contribution in [-0.2, 0) is 14.8 Å². The van der Waals surface area contributed by atoms with Crippen LogP contribution in [0.5, 0.6) is 0 Å². The Bertz CT molecular complexity index is 598. The maximum atomic E-state index is 12.2. The highest BCUT2D eigenvalue weighted by Crippen LogP contribution is 2.24. The first-order valence-electron chi connectivity index (χ1n) is 5.64. The summed E-state index contributed by atoms with van der Waals surface area (Å²) in [6, 6.07) is 2.37. The molecule has 0 amide bonds. The van der Waals surface area contributed by atoms with Gasteiger partial charge >= 0.3 is 5.97 Å². The van der Waals surface area contributed by atoms with Crippen LogP contribution in [0.15, 0.2) is 17.0 Å². The molecule has 2 N–H and O–H groups in total. The van der Waals surface area contributed by atoms with Crippen LogP contribution < -0.4 is 4.72 Å². The molecule has 19 heavy (non-hydrogen) atoms. The maximum Gasteiger partial charge on any atom is 0.304 e. The highest BCUT2D eigenvalue weighted by atomic mass is 35.5. The van der Waals surface area contributed by atoms with E-state index in [1.54, 1.807) is 19.9 Å². The van der Waals surface area contributed by atoms with E-state index < -0.39 is 22.0 Å². The number of aryl methyl sites for hydroxylation is 2. The summed E-state index contributed by atoms with van der Waals surface area (Å²) in [4.78, 5) is 10.7. The summed E-state index contributed by atoms with van der Waals surface area (Å²) < 4.78 is 26.7. The second-order valence-electron chi connectivity index (χ2n) is 4.49. The van der Waals surface area contributed by atoms with E-state index in [2.05, 4.69) is 4.72 Å². The van der Waals surface area contributed by atoms with Gasteiger partial charge < -0.3 is 5.11 Å². The molecule has 0 fully saturated rings. The fraction of sp³-hybridized carbons (Fsp3) is 0.417. The van der Waals surface area contributed by atoms with Gasteiger partial charge in [-0.05, 0) is 44.0 Å². The van der Waals surface area contributed by atoms with Crippen LogP contribution in [0.25, 0.3) is 0 Å². The fourth-order valence-corrected chi connectivity index (χ4v) is 3.45. The Labute approximate surface area is 117 Å². The van der Waals surface area contributed by atoms with E-state index in [-0.39, 0.29) is 11.3 Å². The van der Waals surface area contributed by atoms with Crippen molar-refractivity contribution in [2.45, 2.75) is 38.1 Å². The number of hydrogen-bond acceptors (Lipinski definition) is 3. The molecule has 0 saturated heterocycles. The molecule has 0 heterocycles. The van der Waals surface area contributed by atoms with Crippen LogP contribution in [-0.4, -0.2) is 25.5 Å². The lowest BCUT2D eigenvalue weighted by molar-refractivity contribution is -0.137. The zero-order chi connectivity index (χ0) is 14.8. The highest BCUT2D eigenvalue weighted by Gasteiger charge is 2.21. The minimum Gasteiger partial charge on any atom is -0.481 e. The van der Waals surface area contributed by atoms with Gasteiger partial charge in [-0.25, -0.2) is 13.1 Å². The van der Waals surface area contributed by atoms with E-state index in [0.29, 0.717) is 16.1 Å². The third kappa shape index (κ3) is 4.19. The summed E-state index contributed by atoms with van der Waals surface area (Å²) in [7, 11) is -3.75. The number of rotatable bonds is 5. The summed E-state index contributed by atoms with van der Waals surface area (Å²) in [6.45, 7) is 4.85. The molecule has 5 nitrogen and oxygen atoms in total. The summed E-state index contributed by atoms with van der Waals surface area (Å²) in [6.07, 6.45) is -0.273. The second kappa shape index (κ2) is 5.90. The average Bonchev–Trinajstić information content (AvgIpc) is 2.20. The van der Waals surface area contributed by atoms with Gasteiger partial charge in [0.1, 0.15) is 0 Å². The Balaban J connectivity index is 3.07. The van der Waals surface area contributed by atoms with Gasteiger partial charge in [-0.15, -0.1) is 0 Å². The van der Waals surface area contributed by atoms with Crippen LogP contribution in [0.2, 0.25) is 5.02 Å². The topological polar surface area (TPSA) is 83.5 Å². The van der Waals surface area contributed by atoms with Crippen molar-refractivity contribution in [3.63, 3.8) is 0 Å². The monoisotopic (exact) mass is 305 g/mol. The normalized spacial score (nSPS) is 13.3. The molecule has 1 aromatic rings. The van der Waals surface area contributed by atoms with Crippen molar-refractivity contribution in [1.82, 2.24) is 4.72 Å². The molecule has 1 atom stereocenters. The number of carboxylic acid groups (broad SMARTS) is 1. The number of carboxylic acids is 1. The fourth-order valence-electron chi connectivity index (χ4n) is 1.68. The molecule has 0 aliphatic rings. The zero-order valence-corrected chi connectivity index (χ0v) is 12.5. The molecule has 1 aromatic carbocycles. The number of hydrogen-bond donors (Lipinski definition) is 2. The quantitative estimate of drug-likeness (QED) is 0.872. The Kier molecular flexibility index (Phi) is 4.95. The molecule has 0 aliphatic heterocycles. The van der Waals surface area contributed by atoms with Crippen LogP contribution in [0.4, 0.5) is 0 Å². The Morgan fingerprint density at radius 3 is 2.47 bits per heavy atom. The Hall–Kier alpha value is -1.11. The molecule has 0 unspecified atom stereocenters. The van der Waals surface area contributed by atoms with Gasteiger partial charge in [-0.1, -0.05) is 11.6 Å². The third-order valence-corrected chi connectivity index (χ3v) is 4.72. The van der Waals surface area contributed by atoms with Gasteiger partial charge in [0.15, 0.2) is 0 Å². The molecule has 1 rings (SSSR count). The van der Waals surface area contributed by atoms with Crippen molar-refractivity contribution in [2.75, 3.05) is 0 Å². The van der Waals surface area contributed by atoms with Gasteiger partial charge in [0.2, 0.25) is 10.0 Å². The van der Waals surface area contributed by atoms with Crippen LogP contribution in [0.3, 0.4) is 0 Å². The van der Waals surface area contributed by atoms with E-state index >= 15 is 0 Å². The minimum atomic E-state index is -3.75. The molecule has 0 radical (unpaired) electrons. The van der Waals surface area contributed by atoms with Crippen LogP contribution in [0, 0.1) is 13.8 Å². The smallest absolute Gasteiger partial charge is 0.304 e. The number of halogens is 1. The number of aliphatic carboxylic acids is 1. The van der Waals surface area contributed by atoms with E-state index in [1.807, 2.05) is 0 Å². The lowest BCUT2D eigenvalue weighted by Crippen LogP contribution is -2.34. The van der Waals surface area contributed by atoms with Gasteiger partial charge in [-0.2, -0.15) is 0 Å². The SMILES string of the molecule is Cc1cc(S(=O)(=O)N[C@H](C)CC(=O)O)c(C)cc1Cl. The predicted molar refractivity (Wildman–Crippen MR) is 73.0 cm³/mol. The average molecular weight is 306 g/mol. The zero-order valence-electron chi connectivity index (χ0n) is 10.9. The Morgan fingerprint density at radius 1 is 1.37 bits per heavy atom. The van der Waals surface area contributed by atoms with E-state index in [9.17, 15) is 13.2 Å². The lowest BCUT2D eigenvalue weighted by atomic mass is 10.2. The Morgan fingerprint density at radius 2 is 1.95 bits per heavy atom. The van der Waals surface area contributed by atoms with Crippen LogP contribution in [0.1, 0.15) is 24.5 Å². The van der Waals surface area contributed by atoms with Gasteiger partial charge in [0.25, 0.3) is 0 Å². The van der Waals surface area contributed by atoms with Crippen molar-refractivity contribution >= 4 is 27.6 Å². The summed E-state index contributed by atoms with van der Waals surface area (Å²) in [5.74, 6) is -1.06. The van der Waals surface area contributed by atoms with E-state index in [0.717, 1.165) is 0 Å². The minimum absolute atomic E-state index is 0.117. The maximum absolute atomic E-state index is 12.2. The molecular weight excluding hydrogens is 290 g/mol. The summed E-state index contributed by atoms with van der Waals surface area (Å²) in [5, 5.41) is 9.13. The first-order valence-corrected chi connectivity index (χ1v) is 7.50. The van der Waals surface area contributed by atoms with Crippen molar-refractivity contribution in [3.05, 3.63) is 28.3 Å². The van der Waals surface area contributed by atoms with E-state index in [4.69, 9.17) is 16.7 Å². The number of carbonyl (C=O) groups is 1. The molecule has 7 heteroatoms. The lowest BCUT2D eigenvalue weighted by Gasteiger charge is -2.14. The highest BCUT2D eigenvalue weighted by molar-refractivity contribution is 7.89. The van der Waals surface area contributed by atoms with Crippen LogP contribution >= 0.6 is 11.6 Å². The van der Waals surface area contributed by atoms with Crippen molar-refractivity contribution < 1.29 is 18.3 Å². The summed E-state index contributed by atoms with van der Waals surface area (Å²) in [5.41, 5.74) is 1.17. The first-order chi connectivity index (χ1) is 8.63. The third-order valence-electron chi connectivity index (χ3n) is 2.58. The molecule has 0 spiro atoms. The van der Waals surface area contributed by atoms with Gasteiger partial charge in [0, 0.05) is 11.1 Å². The predicted octanol–water partition coefficient (Wildman–Crippen LogP) is 2.10. The number of nitrogens with one attached hydrogen (secondary N) is 1. The largest absolute Gasteiger partial charge is 0.481 e. The molecule has 0 aromatic heterocycles. The van der Waals surface area contributed by atoms with Crippen molar-refractivity contribution in [2.24, 2.45) is 0 Å². The molecule has 106 valence electrons.